The van der Waals surface area contributed by atoms with Crippen LogP contribution < -0.4 is 0 Å². The predicted octanol–water partition coefficient (Wildman–Crippen LogP) is 4.34. The Kier molecular flexibility index (Phi) is 1.70. The smallest absolute Gasteiger partial charge is 0.00144 e. The van der Waals surface area contributed by atoms with Gasteiger partial charge in [0, 0.05) is 0 Å². The lowest BCUT2D eigenvalue weighted by Gasteiger charge is -2.52. The minimum absolute atomic E-state index is 0.882. The first-order valence-corrected chi connectivity index (χ1v) is 7.78. The highest BCUT2D eigenvalue weighted by atomic mass is 14.5. The van der Waals surface area contributed by atoms with Gasteiger partial charge in [0.2, 0.25) is 0 Å². The fraction of sp³-hybridized carbons (Fsp3) is 0.765. The number of rotatable bonds is 0. The topological polar surface area (TPSA) is 0 Å². The molecule has 5 saturated carbocycles. The van der Waals surface area contributed by atoms with Crippen molar-refractivity contribution >= 4 is 0 Å². The second-order valence-electron chi connectivity index (χ2n) is 7.48. The molecule has 17 heavy (non-hydrogen) atoms. The normalized spacial score (nSPS) is 54.1. The van der Waals surface area contributed by atoms with Gasteiger partial charge in [-0.15, -0.1) is 0 Å². The van der Waals surface area contributed by atoms with E-state index in [1.165, 1.54) is 12.8 Å². The minimum Gasteiger partial charge on any atom is -0.0845 e. The number of hydrogen-bond acceptors (Lipinski definition) is 0. The third kappa shape index (κ3) is 1.20. The van der Waals surface area contributed by atoms with E-state index in [9.17, 15) is 0 Å². The Morgan fingerprint density at radius 1 is 0.765 bits per heavy atom. The fourth-order valence-corrected chi connectivity index (χ4v) is 6.17. The van der Waals surface area contributed by atoms with Gasteiger partial charge in [-0.3, -0.25) is 0 Å². The van der Waals surface area contributed by atoms with Gasteiger partial charge in [0.15, 0.2) is 0 Å². The monoisotopic (exact) mass is 226 g/mol. The molecule has 0 aromatic heterocycles. The second-order valence-corrected chi connectivity index (χ2v) is 7.48. The molecular weight excluding hydrogens is 204 g/mol. The van der Waals surface area contributed by atoms with E-state index < -0.39 is 0 Å². The zero-order valence-electron chi connectivity index (χ0n) is 10.6. The number of hydrogen-bond donors (Lipinski definition) is 0. The van der Waals surface area contributed by atoms with Crippen LogP contribution >= 0.6 is 0 Å². The summed E-state index contributed by atoms with van der Waals surface area (Å²) in [6.07, 6.45) is 15.8. The van der Waals surface area contributed by atoms with Crippen LogP contribution in [0.2, 0.25) is 0 Å². The van der Waals surface area contributed by atoms with E-state index in [-0.39, 0.29) is 0 Å². The first kappa shape index (κ1) is 9.42. The van der Waals surface area contributed by atoms with Gasteiger partial charge in [-0.05, 0) is 80.5 Å². The second kappa shape index (κ2) is 3.08. The van der Waals surface area contributed by atoms with E-state index in [0.29, 0.717) is 0 Å². The van der Waals surface area contributed by atoms with Crippen molar-refractivity contribution in [2.45, 2.75) is 44.9 Å². The van der Waals surface area contributed by atoms with E-state index in [4.69, 9.17) is 0 Å². The highest BCUT2D eigenvalue weighted by Crippen LogP contribution is 2.59. The average molecular weight is 226 g/mol. The van der Waals surface area contributed by atoms with E-state index in [1.54, 1.807) is 32.1 Å². The molecule has 6 bridgehead atoms. The summed E-state index contributed by atoms with van der Waals surface area (Å²) in [6, 6.07) is 0. The molecule has 0 amide bonds. The first-order valence-electron chi connectivity index (χ1n) is 7.78. The zero-order valence-corrected chi connectivity index (χ0v) is 10.6. The third-order valence-electron chi connectivity index (χ3n) is 6.49. The van der Waals surface area contributed by atoms with Crippen LogP contribution in [0.5, 0.6) is 0 Å². The van der Waals surface area contributed by atoms with Crippen molar-refractivity contribution in [3.05, 3.63) is 23.3 Å². The summed E-state index contributed by atoms with van der Waals surface area (Å²) < 4.78 is 0. The summed E-state index contributed by atoms with van der Waals surface area (Å²) in [7, 11) is 0. The van der Waals surface area contributed by atoms with Crippen molar-refractivity contribution in [1.82, 2.24) is 0 Å². The lowest BCUT2D eigenvalue weighted by atomic mass is 9.53. The summed E-state index contributed by atoms with van der Waals surface area (Å²) in [5, 5.41) is 0. The molecule has 6 aliphatic rings. The van der Waals surface area contributed by atoms with Crippen LogP contribution in [0.3, 0.4) is 0 Å². The molecule has 0 nitrogen and oxygen atoms in total. The fourth-order valence-electron chi connectivity index (χ4n) is 6.17. The summed E-state index contributed by atoms with van der Waals surface area (Å²) in [5.41, 5.74) is 3.94. The Balaban J connectivity index is 1.59. The Bertz CT molecular complexity index is 395. The molecule has 2 unspecified atom stereocenters. The zero-order chi connectivity index (χ0) is 11.0. The Hall–Kier alpha value is -0.520. The molecule has 6 aliphatic carbocycles. The van der Waals surface area contributed by atoms with E-state index in [1.807, 2.05) is 11.1 Å². The maximum atomic E-state index is 2.53. The van der Waals surface area contributed by atoms with E-state index >= 15 is 0 Å². The summed E-state index contributed by atoms with van der Waals surface area (Å²) in [5.74, 6) is 6.13. The largest absolute Gasteiger partial charge is 0.0845 e. The number of allylic oxidation sites excluding steroid dienone is 4. The highest BCUT2D eigenvalue weighted by molar-refractivity contribution is 5.36. The maximum absolute atomic E-state index is 2.53. The molecule has 0 aliphatic heterocycles. The van der Waals surface area contributed by atoms with Gasteiger partial charge in [-0.25, -0.2) is 0 Å². The molecule has 90 valence electrons. The van der Waals surface area contributed by atoms with Gasteiger partial charge in [-0.1, -0.05) is 23.3 Å². The van der Waals surface area contributed by atoms with E-state index in [2.05, 4.69) is 12.2 Å². The molecular formula is C17H22. The maximum Gasteiger partial charge on any atom is -0.00144 e. The molecule has 2 atom stereocenters. The van der Waals surface area contributed by atoms with Gasteiger partial charge >= 0.3 is 0 Å². The van der Waals surface area contributed by atoms with Crippen molar-refractivity contribution in [1.29, 1.82) is 0 Å². The summed E-state index contributed by atoms with van der Waals surface area (Å²) in [4.78, 5) is 0. The van der Waals surface area contributed by atoms with Crippen LogP contribution in [0.25, 0.3) is 0 Å². The molecule has 5 fully saturated rings. The molecule has 0 heterocycles. The standard InChI is InChI=1S/C17H22/c1-2-13-4-10(1)9-16(13)17-14-5-11-3-12(7-14)8-15(17)6-11/h1-2,10-15H,3-9H2. The molecule has 0 saturated heterocycles. The molecule has 6 rings (SSSR count). The van der Waals surface area contributed by atoms with Gasteiger partial charge in [0.1, 0.15) is 0 Å². The van der Waals surface area contributed by atoms with Crippen molar-refractivity contribution in [3.63, 3.8) is 0 Å². The Labute approximate surface area is 104 Å². The van der Waals surface area contributed by atoms with Crippen molar-refractivity contribution in [2.75, 3.05) is 0 Å². The van der Waals surface area contributed by atoms with Crippen molar-refractivity contribution < 1.29 is 0 Å². The van der Waals surface area contributed by atoms with Crippen LogP contribution in [0.4, 0.5) is 0 Å². The summed E-state index contributed by atoms with van der Waals surface area (Å²) >= 11 is 0. The van der Waals surface area contributed by atoms with Crippen LogP contribution in [0, 0.1) is 35.5 Å². The van der Waals surface area contributed by atoms with Gasteiger partial charge in [-0.2, -0.15) is 0 Å². The molecule has 0 radical (unpaired) electrons. The molecule has 0 aromatic rings. The Morgan fingerprint density at radius 2 is 1.47 bits per heavy atom. The Morgan fingerprint density at radius 3 is 2.00 bits per heavy atom. The lowest BCUT2D eigenvalue weighted by Crippen LogP contribution is -2.41. The third-order valence-corrected chi connectivity index (χ3v) is 6.49. The summed E-state index contributed by atoms with van der Waals surface area (Å²) in [6.45, 7) is 0. The molecule has 0 spiro atoms. The van der Waals surface area contributed by atoms with Gasteiger partial charge in [0.25, 0.3) is 0 Å². The quantitative estimate of drug-likeness (QED) is 0.539. The van der Waals surface area contributed by atoms with Crippen LogP contribution in [0.1, 0.15) is 44.9 Å². The van der Waals surface area contributed by atoms with Crippen LogP contribution in [0.15, 0.2) is 23.3 Å². The number of fused-ring (bicyclic) bond motifs is 2. The molecule has 0 aromatic carbocycles. The SMILES string of the molecule is C1=CC2CC1CC2=C1C2CC3CC(C2)CC1C3. The van der Waals surface area contributed by atoms with Crippen molar-refractivity contribution in [3.8, 4) is 0 Å². The molecule has 0 N–H and O–H groups in total. The van der Waals surface area contributed by atoms with Crippen LogP contribution in [-0.2, 0) is 0 Å². The first-order chi connectivity index (χ1) is 8.37. The molecule has 0 heteroatoms. The highest BCUT2D eigenvalue weighted by Gasteiger charge is 2.47. The van der Waals surface area contributed by atoms with Crippen LogP contribution in [-0.4, -0.2) is 0 Å². The average Bonchev–Trinajstić information content (AvgIpc) is 2.89. The lowest BCUT2D eigenvalue weighted by molar-refractivity contribution is 0.0676. The van der Waals surface area contributed by atoms with Crippen molar-refractivity contribution in [2.24, 2.45) is 35.5 Å². The van der Waals surface area contributed by atoms with Gasteiger partial charge < -0.3 is 0 Å². The predicted molar refractivity (Wildman–Crippen MR) is 69.4 cm³/mol. The minimum atomic E-state index is 0.882. The van der Waals surface area contributed by atoms with E-state index in [0.717, 1.165) is 35.5 Å². The van der Waals surface area contributed by atoms with Gasteiger partial charge in [0.05, 0.1) is 0 Å².